The van der Waals surface area contributed by atoms with Gasteiger partial charge in [-0.2, -0.15) is 0 Å². The van der Waals surface area contributed by atoms with E-state index in [1.54, 1.807) is 16.7 Å². The SMILES string of the molecule is Cc1ccc(C)c(-c2cn3c(=S)ncc(-c4cc5cc(Br)ccc5oc4=O)c3[nH]2)c1. The second kappa shape index (κ2) is 7.04. The van der Waals surface area contributed by atoms with E-state index in [-0.39, 0.29) is 0 Å². The number of benzene rings is 2. The summed E-state index contributed by atoms with van der Waals surface area (Å²) < 4.78 is 8.67. The first-order chi connectivity index (χ1) is 14.4. The van der Waals surface area contributed by atoms with Gasteiger partial charge in [0.1, 0.15) is 11.2 Å². The Balaban J connectivity index is 1.80. The lowest BCUT2D eigenvalue weighted by atomic mass is 10.0. The largest absolute Gasteiger partial charge is 0.422 e. The highest BCUT2D eigenvalue weighted by Crippen LogP contribution is 2.29. The van der Waals surface area contributed by atoms with E-state index in [0.29, 0.717) is 27.1 Å². The number of rotatable bonds is 2. The Hall–Kier alpha value is -3.03. The molecule has 0 amide bonds. The van der Waals surface area contributed by atoms with E-state index in [2.05, 4.69) is 57.9 Å². The molecular formula is C23H16BrN3O2S. The molecule has 7 heteroatoms. The van der Waals surface area contributed by atoms with E-state index >= 15 is 0 Å². The molecule has 0 bridgehead atoms. The van der Waals surface area contributed by atoms with Crippen LogP contribution in [0.3, 0.4) is 0 Å². The summed E-state index contributed by atoms with van der Waals surface area (Å²) in [4.78, 5) is 20.5. The zero-order valence-corrected chi connectivity index (χ0v) is 18.6. The van der Waals surface area contributed by atoms with E-state index < -0.39 is 5.63 Å². The van der Waals surface area contributed by atoms with Gasteiger partial charge in [0.25, 0.3) is 0 Å². The van der Waals surface area contributed by atoms with Gasteiger partial charge < -0.3 is 9.40 Å². The summed E-state index contributed by atoms with van der Waals surface area (Å²) in [6.07, 6.45) is 3.55. The van der Waals surface area contributed by atoms with Gasteiger partial charge in [-0.3, -0.25) is 4.40 Å². The standard InChI is InChI=1S/C23H16BrN3O2S/c1-12-3-4-13(2)16(7-12)19-11-27-21(26-19)18(10-25-23(27)30)17-9-14-8-15(24)5-6-20(14)29-22(17)28/h3-11,26H,1-2H3. The lowest BCUT2D eigenvalue weighted by molar-refractivity contribution is 0.563. The Morgan fingerprint density at radius 3 is 2.73 bits per heavy atom. The third kappa shape index (κ3) is 3.11. The Bertz CT molecular complexity index is 1580. The highest BCUT2D eigenvalue weighted by molar-refractivity contribution is 9.10. The van der Waals surface area contributed by atoms with Crippen molar-refractivity contribution in [2.45, 2.75) is 13.8 Å². The van der Waals surface area contributed by atoms with Crippen LogP contribution >= 0.6 is 28.1 Å². The van der Waals surface area contributed by atoms with Gasteiger partial charge in [-0.1, -0.05) is 33.6 Å². The van der Waals surface area contributed by atoms with Gasteiger partial charge in [0, 0.05) is 33.4 Å². The van der Waals surface area contributed by atoms with Crippen molar-refractivity contribution in [3.8, 4) is 22.4 Å². The number of aromatic amines is 1. The Morgan fingerprint density at radius 1 is 1.07 bits per heavy atom. The van der Waals surface area contributed by atoms with Gasteiger partial charge in [-0.25, -0.2) is 9.78 Å². The average Bonchev–Trinajstić information content (AvgIpc) is 3.16. The molecule has 3 aromatic heterocycles. The first-order valence-corrected chi connectivity index (χ1v) is 10.5. The van der Waals surface area contributed by atoms with Crippen molar-refractivity contribution in [3.05, 3.63) is 85.6 Å². The zero-order chi connectivity index (χ0) is 21.0. The molecule has 5 aromatic rings. The molecule has 30 heavy (non-hydrogen) atoms. The van der Waals surface area contributed by atoms with Gasteiger partial charge in [-0.05, 0) is 62.0 Å². The molecule has 3 heterocycles. The molecule has 0 saturated heterocycles. The minimum atomic E-state index is -0.423. The van der Waals surface area contributed by atoms with Crippen LogP contribution in [0.2, 0.25) is 0 Å². The number of aryl methyl sites for hydroxylation is 2. The fourth-order valence-electron chi connectivity index (χ4n) is 3.65. The van der Waals surface area contributed by atoms with E-state index in [0.717, 1.165) is 32.2 Å². The molecule has 0 atom stereocenters. The predicted molar refractivity (Wildman–Crippen MR) is 124 cm³/mol. The quantitative estimate of drug-likeness (QED) is 0.242. The number of halogens is 1. The fraction of sp³-hybridized carbons (Fsp3) is 0.0870. The van der Waals surface area contributed by atoms with E-state index in [1.165, 1.54) is 0 Å². The maximum Gasteiger partial charge on any atom is 0.344 e. The molecule has 0 fully saturated rings. The summed E-state index contributed by atoms with van der Waals surface area (Å²) >= 11 is 8.90. The van der Waals surface area contributed by atoms with Crippen LogP contribution in [0.4, 0.5) is 0 Å². The van der Waals surface area contributed by atoms with Crippen LogP contribution in [0.5, 0.6) is 0 Å². The first kappa shape index (κ1) is 19.0. The van der Waals surface area contributed by atoms with Crippen molar-refractivity contribution in [1.82, 2.24) is 14.4 Å². The molecule has 148 valence electrons. The second-order valence-electron chi connectivity index (χ2n) is 7.29. The second-order valence-corrected chi connectivity index (χ2v) is 8.57. The van der Waals surface area contributed by atoms with Crippen LogP contribution in [0.1, 0.15) is 11.1 Å². The molecule has 0 radical (unpaired) electrons. The maximum absolute atomic E-state index is 12.8. The number of imidazole rings is 1. The number of nitrogens with zero attached hydrogens (tertiary/aromatic N) is 2. The molecule has 0 unspecified atom stereocenters. The van der Waals surface area contributed by atoms with Gasteiger partial charge in [0.15, 0.2) is 0 Å². The van der Waals surface area contributed by atoms with Crippen LogP contribution < -0.4 is 5.63 Å². The van der Waals surface area contributed by atoms with Crippen molar-refractivity contribution in [3.63, 3.8) is 0 Å². The predicted octanol–water partition coefficient (Wildman–Crippen LogP) is 6.21. The van der Waals surface area contributed by atoms with Gasteiger partial charge in [0.05, 0.1) is 11.3 Å². The highest BCUT2D eigenvalue weighted by Gasteiger charge is 2.16. The number of hydrogen-bond donors (Lipinski definition) is 1. The van der Waals surface area contributed by atoms with E-state index in [4.69, 9.17) is 16.6 Å². The number of aromatic nitrogens is 3. The third-order valence-corrected chi connectivity index (χ3v) is 5.98. The van der Waals surface area contributed by atoms with Crippen molar-refractivity contribution in [1.29, 1.82) is 0 Å². The molecule has 0 aliphatic rings. The topological polar surface area (TPSA) is 63.3 Å². The van der Waals surface area contributed by atoms with Gasteiger partial charge >= 0.3 is 5.63 Å². The van der Waals surface area contributed by atoms with Crippen LogP contribution in [0.15, 0.2) is 68.5 Å². The molecule has 1 N–H and O–H groups in total. The van der Waals surface area contributed by atoms with Crippen molar-refractivity contribution in [2.24, 2.45) is 0 Å². The third-order valence-electron chi connectivity index (χ3n) is 5.19. The number of hydrogen-bond acceptors (Lipinski definition) is 4. The van der Waals surface area contributed by atoms with E-state index in [9.17, 15) is 4.79 Å². The van der Waals surface area contributed by atoms with Crippen LogP contribution in [0, 0.1) is 18.6 Å². The first-order valence-electron chi connectivity index (χ1n) is 9.32. The zero-order valence-electron chi connectivity index (χ0n) is 16.2. The summed E-state index contributed by atoms with van der Waals surface area (Å²) in [5, 5.41) is 0.820. The summed E-state index contributed by atoms with van der Waals surface area (Å²) in [5.74, 6) is 0. The number of fused-ring (bicyclic) bond motifs is 2. The molecule has 0 aliphatic carbocycles. The molecule has 0 saturated carbocycles. The maximum atomic E-state index is 12.8. The number of nitrogens with one attached hydrogen (secondary N) is 1. The van der Waals surface area contributed by atoms with Crippen LogP contribution in [-0.2, 0) is 0 Å². The minimum Gasteiger partial charge on any atom is -0.422 e. The molecule has 2 aromatic carbocycles. The lowest BCUT2D eigenvalue weighted by Crippen LogP contribution is -2.05. The van der Waals surface area contributed by atoms with Crippen LogP contribution in [0.25, 0.3) is 39.0 Å². The Morgan fingerprint density at radius 2 is 1.90 bits per heavy atom. The molecule has 5 nitrogen and oxygen atoms in total. The average molecular weight is 478 g/mol. The fourth-order valence-corrected chi connectivity index (χ4v) is 4.22. The van der Waals surface area contributed by atoms with E-state index in [1.807, 2.05) is 24.4 Å². The summed E-state index contributed by atoms with van der Waals surface area (Å²) in [5.41, 5.74) is 6.16. The molecule has 0 aliphatic heterocycles. The van der Waals surface area contributed by atoms with Crippen molar-refractivity contribution >= 4 is 44.8 Å². The smallest absolute Gasteiger partial charge is 0.344 e. The van der Waals surface area contributed by atoms with Crippen LogP contribution in [-0.4, -0.2) is 14.4 Å². The van der Waals surface area contributed by atoms with Gasteiger partial charge in [-0.15, -0.1) is 0 Å². The lowest BCUT2D eigenvalue weighted by Gasteiger charge is -2.05. The number of H-pyrrole nitrogens is 1. The van der Waals surface area contributed by atoms with Crippen molar-refractivity contribution < 1.29 is 4.42 Å². The summed E-state index contributed by atoms with van der Waals surface area (Å²) in [6, 6.07) is 13.6. The molecule has 5 rings (SSSR count). The Kier molecular flexibility index (Phi) is 4.45. The van der Waals surface area contributed by atoms with Gasteiger partial charge in [0.2, 0.25) is 4.77 Å². The Labute approximate surface area is 185 Å². The summed E-state index contributed by atoms with van der Waals surface area (Å²) in [7, 11) is 0. The van der Waals surface area contributed by atoms with Crippen molar-refractivity contribution in [2.75, 3.05) is 0 Å². The normalized spacial score (nSPS) is 11.4. The monoisotopic (exact) mass is 477 g/mol. The molecular weight excluding hydrogens is 462 g/mol. The summed E-state index contributed by atoms with van der Waals surface area (Å²) in [6.45, 7) is 4.12. The molecule has 0 spiro atoms. The minimum absolute atomic E-state index is 0.412. The highest BCUT2D eigenvalue weighted by atomic mass is 79.9.